The number of rotatable bonds is 4. The van der Waals surface area contributed by atoms with E-state index in [0.717, 1.165) is 25.8 Å². The van der Waals surface area contributed by atoms with Crippen LogP contribution in [0.2, 0.25) is 0 Å². The number of hydrogen-bond acceptors (Lipinski definition) is 2. The zero-order valence-corrected chi connectivity index (χ0v) is 9.47. The van der Waals surface area contributed by atoms with Gasteiger partial charge in [-0.05, 0) is 31.7 Å². The van der Waals surface area contributed by atoms with E-state index in [2.05, 4.69) is 31.4 Å². The fourth-order valence-electron chi connectivity index (χ4n) is 1.93. The minimum Gasteiger partial charge on any atom is -0.352 e. The average molecular weight is 198 g/mol. The molecule has 0 aliphatic carbocycles. The number of nitrogens with one attached hydrogen (secondary N) is 2. The molecule has 1 aliphatic heterocycles. The molecule has 82 valence electrons. The van der Waals surface area contributed by atoms with E-state index >= 15 is 0 Å². The van der Waals surface area contributed by atoms with Gasteiger partial charge in [0.2, 0.25) is 5.91 Å². The highest BCUT2D eigenvalue weighted by Crippen LogP contribution is 2.09. The van der Waals surface area contributed by atoms with Crippen LogP contribution in [-0.4, -0.2) is 24.5 Å². The fourth-order valence-corrected chi connectivity index (χ4v) is 1.93. The van der Waals surface area contributed by atoms with Crippen molar-refractivity contribution in [3.63, 3.8) is 0 Å². The first-order chi connectivity index (χ1) is 6.65. The van der Waals surface area contributed by atoms with Crippen molar-refractivity contribution in [1.82, 2.24) is 10.6 Å². The van der Waals surface area contributed by atoms with Gasteiger partial charge in [0.25, 0.3) is 0 Å². The molecule has 0 radical (unpaired) electrons. The zero-order valence-electron chi connectivity index (χ0n) is 9.47. The lowest BCUT2D eigenvalue weighted by molar-refractivity contribution is -0.123. The Morgan fingerprint density at radius 1 is 1.57 bits per heavy atom. The summed E-state index contributed by atoms with van der Waals surface area (Å²) in [5.74, 6) is 0.702. The minimum atomic E-state index is 0.0581. The maximum atomic E-state index is 11.7. The van der Waals surface area contributed by atoms with Gasteiger partial charge in [-0.2, -0.15) is 0 Å². The SMILES string of the molecule is CCC(NC(=O)C1CCCN1)C(C)C. The van der Waals surface area contributed by atoms with Crippen LogP contribution in [0.1, 0.15) is 40.0 Å². The molecule has 0 spiro atoms. The van der Waals surface area contributed by atoms with Crippen LogP contribution in [0.5, 0.6) is 0 Å². The molecule has 2 unspecified atom stereocenters. The average Bonchev–Trinajstić information content (AvgIpc) is 2.65. The summed E-state index contributed by atoms with van der Waals surface area (Å²) in [5, 5.41) is 6.32. The molecule has 2 atom stereocenters. The standard InChI is InChI=1S/C11H22N2O/c1-4-9(8(2)3)13-11(14)10-6-5-7-12-10/h8-10,12H,4-7H2,1-3H3,(H,13,14). The van der Waals surface area contributed by atoms with E-state index < -0.39 is 0 Å². The smallest absolute Gasteiger partial charge is 0.237 e. The third kappa shape index (κ3) is 2.98. The van der Waals surface area contributed by atoms with Crippen LogP contribution in [-0.2, 0) is 4.79 Å². The molecule has 1 amide bonds. The lowest BCUT2D eigenvalue weighted by Crippen LogP contribution is -2.46. The first-order valence-corrected chi connectivity index (χ1v) is 5.69. The molecule has 1 fully saturated rings. The van der Waals surface area contributed by atoms with Crippen LogP contribution in [0.4, 0.5) is 0 Å². The second-order valence-corrected chi connectivity index (χ2v) is 4.42. The first-order valence-electron chi connectivity index (χ1n) is 5.69. The van der Waals surface area contributed by atoms with Gasteiger partial charge in [0.15, 0.2) is 0 Å². The molecular weight excluding hydrogens is 176 g/mol. The monoisotopic (exact) mass is 198 g/mol. The molecule has 1 heterocycles. The molecule has 3 heteroatoms. The van der Waals surface area contributed by atoms with Crippen molar-refractivity contribution in [3.8, 4) is 0 Å². The molecule has 1 saturated heterocycles. The van der Waals surface area contributed by atoms with Gasteiger partial charge < -0.3 is 10.6 Å². The number of hydrogen-bond donors (Lipinski definition) is 2. The van der Waals surface area contributed by atoms with Gasteiger partial charge in [-0.3, -0.25) is 4.79 Å². The molecule has 2 N–H and O–H groups in total. The highest BCUT2D eigenvalue weighted by Gasteiger charge is 2.24. The summed E-state index contributed by atoms with van der Waals surface area (Å²) >= 11 is 0. The van der Waals surface area contributed by atoms with Crippen molar-refractivity contribution < 1.29 is 4.79 Å². The Hall–Kier alpha value is -0.570. The lowest BCUT2D eigenvalue weighted by Gasteiger charge is -2.22. The van der Waals surface area contributed by atoms with E-state index in [1.165, 1.54) is 0 Å². The lowest BCUT2D eigenvalue weighted by atomic mass is 10.0. The van der Waals surface area contributed by atoms with Crippen molar-refractivity contribution >= 4 is 5.91 Å². The van der Waals surface area contributed by atoms with Crippen LogP contribution >= 0.6 is 0 Å². The molecule has 14 heavy (non-hydrogen) atoms. The second-order valence-electron chi connectivity index (χ2n) is 4.42. The number of amides is 1. The van der Waals surface area contributed by atoms with Gasteiger partial charge in [-0.25, -0.2) is 0 Å². The van der Waals surface area contributed by atoms with E-state index in [4.69, 9.17) is 0 Å². The van der Waals surface area contributed by atoms with Crippen LogP contribution in [0.25, 0.3) is 0 Å². The van der Waals surface area contributed by atoms with Crippen molar-refractivity contribution in [2.75, 3.05) is 6.54 Å². The summed E-state index contributed by atoms with van der Waals surface area (Å²) in [5.41, 5.74) is 0. The highest BCUT2D eigenvalue weighted by molar-refractivity contribution is 5.82. The summed E-state index contributed by atoms with van der Waals surface area (Å²) in [6.45, 7) is 7.40. The summed E-state index contributed by atoms with van der Waals surface area (Å²) < 4.78 is 0. The van der Waals surface area contributed by atoms with Gasteiger partial charge in [0, 0.05) is 6.04 Å². The maximum Gasteiger partial charge on any atom is 0.237 e. The van der Waals surface area contributed by atoms with Crippen LogP contribution in [0.3, 0.4) is 0 Å². The predicted octanol–water partition coefficient (Wildman–Crippen LogP) is 1.29. The molecule has 0 bridgehead atoms. The Bertz CT molecular complexity index is 186. The quantitative estimate of drug-likeness (QED) is 0.714. The molecule has 1 aliphatic rings. The summed E-state index contributed by atoms with van der Waals surface area (Å²) in [6, 6.07) is 0.382. The van der Waals surface area contributed by atoms with E-state index in [0.29, 0.717) is 12.0 Å². The van der Waals surface area contributed by atoms with Gasteiger partial charge in [-0.15, -0.1) is 0 Å². The zero-order chi connectivity index (χ0) is 10.6. The second kappa shape index (κ2) is 5.35. The summed E-state index contributed by atoms with van der Waals surface area (Å²) in [6.07, 6.45) is 3.12. The Morgan fingerprint density at radius 3 is 2.71 bits per heavy atom. The van der Waals surface area contributed by atoms with E-state index in [1.54, 1.807) is 0 Å². The normalized spacial score (nSPS) is 23.9. The molecule has 0 aromatic carbocycles. The largest absolute Gasteiger partial charge is 0.352 e. The van der Waals surface area contributed by atoms with E-state index in [1.807, 2.05) is 0 Å². The molecule has 1 rings (SSSR count). The maximum absolute atomic E-state index is 11.7. The summed E-state index contributed by atoms with van der Waals surface area (Å²) in [4.78, 5) is 11.7. The van der Waals surface area contributed by atoms with E-state index in [9.17, 15) is 4.79 Å². The van der Waals surface area contributed by atoms with Gasteiger partial charge >= 0.3 is 0 Å². The fraction of sp³-hybridized carbons (Fsp3) is 0.909. The molecule has 3 nitrogen and oxygen atoms in total. The number of carbonyl (C=O) groups is 1. The molecular formula is C11H22N2O. The van der Waals surface area contributed by atoms with Gasteiger partial charge in [0.1, 0.15) is 0 Å². The Morgan fingerprint density at radius 2 is 2.29 bits per heavy atom. The highest BCUT2D eigenvalue weighted by atomic mass is 16.2. The first kappa shape index (κ1) is 11.5. The van der Waals surface area contributed by atoms with Crippen molar-refractivity contribution in [2.45, 2.75) is 52.1 Å². The summed E-state index contributed by atoms with van der Waals surface area (Å²) in [7, 11) is 0. The molecule has 0 saturated carbocycles. The van der Waals surface area contributed by atoms with Gasteiger partial charge in [-0.1, -0.05) is 20.8 Å². The third-order valence-corrected chi connectivity index (χ3v) is 2.95. The Labute approximate surface area is 86.6 Å². The van der Waals surface area contributed by atoms with Crippen molar-refractivity contribution in [2.24, 2.45) is 5.92 Å². The topological polar surface area (TPSA) is 41.1 Å². The Balaban J connectivity index is 2.37. The van der Waals surface area contributed by atoms with Crippen LogP contribution in [0.15, 0.2) is 0 Å². The third-order valence-electron chi connectivity index (χ3n) is 2.95. The van der Waals surface area contributed by atoms with Gasteiger partial charge in [0.05, 0.1) is 6.04 Å². The minimum absolute atomic E-state index is 0.0581. The molecule has 0 aromatic heterocycles. The van der Waals surface area contributed by atoms with Crippen LogP contribution < -0.4 is 10.6 Å². The number of carbonyl (C=O) groups excluding carboxylic acids is 1. The Kier molecular flexibility index (Phi) is 4.39. The van der Waals surface area contributed by atoms with Crippen LogP contribution in [0, 0.1) is 5.92 Å². The van der Waals surface area contributed by atoms with E-state index in [-0.39, 0.29) is 11.9 Å². The molecule has 0 aromatic rings. The van der Waals surface area contributed by atoms with Crippen molar-refractivity contribution in [1.29, 1.82) is 0 Å². The van der Waals surface area contributed by atoms with Crippen molar-refractivity contribution in [3.05, 3.63) is 0 Å². The predicted molar refractivity (Wildman–Crippen MR) is 58.1 cm³/mol.